The van der Waals surface area contributed by atoms with E-state index in [4.69, 9.17) is 14.6 Å². The average Bonchev–Trinajstić information content (AvgIpc) is 2.34. The van der Waals surface area contributed by atoms with Crippen molar-refractivity contribution in [3.63, 3.8) is 0 Å². The Kier molecular flexibility index (Phi) is 6.37. The number of piperidine rings is 1. The smallest absolute Gasteiger partial charge is 0.248 e. The number of carbonyl (C=O) groups is 1. The summed E-state index contributed by atoms with van der Waals surface area (Å²) in [4.78, 5) is 13.5. The zero-order valence-electron chi connectivity index (χ0n) is 9.85. The maximum absolute atomic E-state index is 11.7. The summed E-state index contributed by atoms with van der Waals surface area (Å²) in [5.41, 5.74) is 0. The van der Waals surface area contributed by atoms with Crippen LogP contribution < -0.4 is 0 Å². The monoisotopic (exact) mass is 231 g/mol. The van der Waals surface area contributed by atoms with Crippen molar-refractivity contribution in [2.45, 2.75) is 12.8 Å². The van der Waals surface area contributed by atoms with Crippen molar-refractivity contribution in [3.05, 3.63) is 0 Å². The molecule has 1 saturated heterocycles. The molecule has 1 fully saturated rings. The fraction of sp³-hybridized carbons (Fsp3) is 0.909. The quantitative estimate of drug-likeness (QED) is 0.647. The third-order valence-electron chi connectivity index (χ3n) is 2.79. The number of aliphatic hydroxyl groups is 1. The molecule has 1 aliphatic heterocycles. The Labute approximate surface area is 96.3 Å². The van der Waals surface area contributed by atoms with E-state index in [2.05, 4.69) is 0 Å². The molecule has 1 N–H and O–H groups in total. The summed E-state index contributed by atoms with van der Waals surface area (Å²) in [5, 5.41) is 9.05. The molecule has 0 aromatic rings. The molecule has 16 heavy (non-hydrogen) atoms. The number of ether oxygens (including phenoxy) is 2. The summed E-state index contributed by atoms with van der Waals surface area (Å²) in [7, 11) is 1.60. The van der Waals surface area contributed by atoms with Crippen LogP contribution in [0.15, 0.2) is 0 Å². The Morgan fingerprint density at radius 2 is 2.31 bits per heavy atom. The molecular weight excluding hydrogens is 210 g/mol. The van der Waals surface area contributed by atoms with Crippen molar-refractivity contribution in [3.8, 4) is 0 Å². The van der Waals surface area contributed by atoms with E-state index < -0.39 is 0 Å². The van der Waals surface area contributed by atoms with Crippen LogP contribution in [0.3, 0.4) is 0 Å². The van der Waals surface area contributed by atoms with Gasteiger partial charge >= 0.3 is 0 Å². The molecule has 1 heterocycles. The van der Waals surface area contributed by atoms with Crippen molar-refractivity contribution in [1.82, 2.24) is 4.90 Å². The van der Waals surface area contributed by atoms with Gasteiger partial charge in [0.05, 0.1) is 13.2 Å². The zero-order valence-corrected chi connectivity index (χ0v) is 9.85. The fourth-order valence-corrected chi connectivity index (χ4v) is 1.83. The highest BCUT2D eigenvalue weighted by Gasteiger charge is 2.22. The predicted molar refractivity (Wildman–Crippen MR) is 59.1 cm³/mol. The first-order chi connectivity index (χ1) is 7.77. The van der Waals surface area contributed by atoms with Crippen molar-refractivity contribution in [2.24, 2.45) is 5.92 Å². The van der Waals surface area contributed by atoms with Gasteiger partial charge in [-0.3, -0.25) is 4.79 Å². The van der Waals surface area contributed by atoms with Gasteiger partial charge in [-0.2, -0.15) is 0 Å². The van der Waals surface area contributed by atoms with Gasteiger partial charge in [0.25, 0.3) is 0 Å². The number of carbonyl (C=O) groups excluding carboxylic acids is 1. The lowest BCUT2D eigenvalue weighted by atomic mass is 9.99. The molecule has 1 rings (SSSR count). The van der Waals surface area contributed by atoms with Gasteiger partial charge in [0, 0.05) is 26.8 Å². The topological polar surface area (TPSA) is 59.0 Å². The summed E-state index contributed by atoms with van der Waals surface area (Å²) in [6, 6.07) is 0. The summed E-state index contributed by atoms with van der Waals surface area (Å²) in [6.07, 6.45) is 1.97. The van der Waals surface area contributed by atoms with Gasteiger partial charge in [0.15, 0.2) is 0 Å². The number of likely N-dealkylation sites (tertiary alicyclic amines) is 1. The van der Waals surface area contributed by atoms with Gasteiger partial charge in [-0.1, -0.05) is 0 Å². The van der Waals surface area contributed by atoms with Crippen LogP contribution in [0.5, 0.6) is 0 Å². The first-order valence-electron chi connectivity index (χ1n) is 5.73. The van der Waals surface area contributed by atoms with Gasteiger partial charge in [0.1, 0.15) is 6.61 Å². The Bertz CT molecular complexity index is 210. The van der Waals surface area contributed by atoms with E-state index in [1.807, 2.05) is 0 Å². The van der Waals surface area contributed by atoms with Crippen LogP contribution in [0, 0.1) is 5.92 Å². The lowest BCUT2D eigenvalue weighted by Crippen LogP contribution is -2.42. The number of hydrogen-bond donors (Lipinski definition) is 1. The molecule has 0 aromatic carbocycles. The summed E-state index contributed by atoms with van der Waals surface area (Å²) in [5.74, 6) is 0.242. The molecule has 1 amide bonds. The van der Waals surface area contributed by atoms with Crippen LogP contribution in [0.4, 0.5) is 0 Å². The molecule has 5 heteroatoms. The van der Waals surface area contributed by atoms with E-state index in [1.54, 1.807) is 12.0 Å². The Morgan fingerprint density at radius 1 is 1.50 bits per heavy atom. The lowest BCUT2D eigenvalue weighted by molar-refractivity contribution is -0.138. The molecule has 0 aromatic heterocycles. The van der Waals surface area contributed by atoms with Crippen molar-refractivity contribution in [1.29, 1.82) is 0 Å². The second-order valence-corrected chi connectivity index (χ2v) is 4.08. The largest absolute Gasteiger partial charge is 0.396 e. The second kappa shape index (κ2) is 7.60. The third-order valence-corrected chi connectivity index (χ3v) is 2.79. The standard InChI is InChI=1S/C11H21NO4/c1-15-5-6-16-9-11(14)12-4-2-3-10(7-12)8-13/h10,13H,2-9H2,1H3. The van der Waals surface area contributed by atoms with Crippen LogP contribution >= 0.6 is 0 Å². The lowest BCUT2D eigenvalue weighted by Gasteiger charge is -2.31. The highest BCUT2D eigenvalue weighted by molar-refractivity contribution is 5.77. The molecule has 5 nitrogen and oxygen atoms in total. The summed E-state index contributed by atoms with van der Waals surface area (Å²) < 4.78 is 10.00. The molecule has 0 spiro atoms. The van der Waals surface area contributed by atoms with Gasteiger partial charge < -0.3 is 19.5 Å². The third kappa shape index (κ3) is 4.47. The first-order valence-corrected chi connectivity index (χ1v) is 5.73. The minimum atomic E-state index is 0.00857. The van der Waals surface area contributed by atoms with Crippen molar-refractivity contribution in [2.75, 3.05) is 46.6 Å². The van der Waals surface area contributed by atoms with E-state index in [9.17, 15) is 4.79 Å². The average molecular weight is 231 g/mol. The van der Waals surface area contributed by atoms with Crippen LogP contribution in [0.2, 0.25) is 0 Å². The van der Waals surface area contributed by atoms with Gasteiger partial charge in [-0.05, 0) is 18.8 Å². The number of rotatable bonds is 6. The molecule has 1 unspecified atom stereocenters. The Morgan fingerprint density at radius 3 is 3.00 bits per heavy atom. The normalized spacial score (nSPS) is 21.1. The maximum Gasteiger partial charge on any atom is 0.248 e. The van der Waals surface area contributed by atoms with E-state index in [1.165, 1.54) is 0 Å². The first kappa shape index (κ1) is 13.4. The highest BCUT2D eigenvalue weighted by Crippen LogP contribution is 2.15. The summed E-state index contributed by atoms with van der Waals surface area (Å²) in [6.45, 7) is 2.66. The van der Waals surface area contributed by atoms with Crippen LogP contribution in [0.25, 0.3) is 0 Å². The van der Waals surface area contributed by atoms with Crippen LogP contribution in [-0.2, 0) is 14.3 Å². The number of amides is 1. The maximum atomic E-state index is 11.7. The van der Waals surface area contributed by atoms with Crippen molar-refractivity contribution >= 4 is 5.91 Å². The number of hydrogen-bond acceptors (Lipinski definition) is 4. The molecule has 0 aliphatic carbocycles. The fourth-order valence-electron chi connectivity index (χ4n) is 1.83. The molecule has 1 aliphatic rings. The molecule has 0 radical (unpaired) electrons. The van der Waals surface area contributed by atoms with Crippen LogP contribution in [0.1, 0.15) is 12.8 Å². The van der Waals surface area contributed by atoms with Crippen LogP contribution in [-0.4, -0.2) is 62.5 Å². The van der Waals surface area contributed by atoms with E-state index >= 15 is 0 Å². The van der Waals surface area contributed by atoms with E-state index in [0.29, 0.717) is 19.8 Å². The Balaban J connectivity index is 2.19. The van der Waals surface area contributed by atoms with Gasteiger partial charge in [-0.15, -0.1) is 0 Å². The van der Waals surface area contributed by atoms with Gasteiger partial charge in [0.2, 0.25) is 5.91 Å². The molecular formula is C11H21NO4. The van der Waals surface area contributed by atoms with E-state index in [0.717, 1.165) is 19.4 Å². The number of aliphatic hydroxyl groups excluding tert-OH is 1. The number of methoxy groups -OCH3 is 1. The Hall–Kier alpha value is -0.650. The molecule has 0 saturated carbocycles. The summed E-state index contributed by atoms with van der Waals surface area (Å²) >= 11 is 0. The molecule has 0 bridgehead atoms. The minimum absolute atomic E-state index is 0.00857. The second-order valence-electron chi connectivity index (χ2n) is 4.08. The predicted octanol–water partition coefficient (Wildman–Crippen LogP) is -0.120. The van der Waals surface area contributed by atoms with E-state index in [-0.39, 0.29) is 25.0 Å². The highest BCUT2D eigenvalue weighted by atomic mass is 16.5. The minimum Gasteiger partial charge on any atom is -0.396 e. The number of nitrogens with zero attached hydrogens (tertiary/aromatic N) is 1. The van der Waals surface area contributed by atoms with Crippen molar-refractivity contribution < 1.29 is 19.4 Å². The zero-order chi connectivity index (χ0) is 11.8. The molecule has 94 valence electrons. The SMILES string of the molecule is COCCOCC(=O)N1CCCC(CO)C1. The molecule has 1 atom stereocenters. The van der Waals surface area contributed by atoms with Gasteiger partial charge in [-0.25, -0.2) is 0 Å².